The Morgan fingerprint density at radius 3 is 2.84 bits per heavy atom. The second-order valence-corrected chi connectivity index (χ2v) is 4.26. The predicted molar refractivity (Wildman–Crippen MR) is 69.2 cm³/mol. The third-order valence-corrected chi connectivity index (χ3v) is 2.77. The SMILES string of the molecule is CCCOc1nc2c(C)ccc(F)c2cc1C(=O)O. The van der Waals surface area contributed by atoms with E-state index < -0.39 is 11.8 Å². The predicted octanol–water partition coefficient (Wildman–Crippen LogP) is 3.17. The highest BCUT2D eigenvalue weighted by Crippen LogP contribution is 2.26. The lowest BCUT2D eigenvalue weighted by atomic mass is 10.1. The highest BCUT2D eigenvalue weighted by atomic mass is 19.1. The Morgan fingerprint density at radius 1 is 1.47 bits per heavy atom. The number of ether oxygens (including phenoxy) is 1. The smallest absolute Gasteiger partial charge is 0.341 e. The van der Waals surface area contributed by atoms with E-state index in [0.29, 0.717) is 12.1 Å². The number of nitrogens with zero attached hydrogens (tertiary/aromatic N) is 1. The number of aryl methyl sites for hydroxylation is 1. The average molecular weight is 263 g/mol. The van der Waals surface area contributed by atoms with Crippen LogP contribution < -0.4 is 4.74 Å². The minimum Gasteiger partial charge on any atom is -0.477 e. The van der Waals surface area contributed by atoms with Gasteiger partial charge in [0.05, 0.1) is 12.1 Å². The molecule has 1 aromatic heterocycles. The Labute approximate surface area is 109 Å². The van der Waals surface area contributed by atoms with Crippen LogP contribution in [0.15, 0.2) is 18.2 Å². The Hall–Kier alpha value is -2.17. The van der Waals surface area contributed by atoms with Gasteiger partial charge in [-0.1, -0.05) is 13.0 Å². The van der Waals surface area contributed by atoms with Gasteiger partial charge in [0.1, 0.15) is 11.4 Å². The Balaban J connectivity index is 2.69. The summed E-state index contributed by atoms with van der Waals surface area (Å²) in [5.41, 5.74) is 1.08. The number of pyridine rings is 1. The molecule has 0 saturated carbocycles. The Bertz CT molecular complexity index is 640. The number of rotatable bonds is 4. The Kier molecular flexibility index (Phi) is 3.64. The number of fused-ring (bicyclic) bond motifs is 1. The first-order chi connectivity index (χ1) is 9.04. The molecule has 0 unspecified atom stereocenters. The summed E-state index contributed by atoms with van der Waals surface area (Å²) in [6, 6.07) is 4.18. The first kappa shape index (κ1) is 13.3. The molecule has 0 aliphatic heterocycles. The third-order valence-electron chi connectivity index (χ3n) is 2.77. The van der Waals surface area contributed by atoms with E-state index in [9.17, 15) is 9.18 Å². The van der Waals surface area contributed by atoms with E-state index in [2.05, 4.69) is 4.98 Å². The van der Waals surface area contributed by atoms with Crippen LogP contribution in [0.2, 0.25) is 0 Å². The summed E-state index contributed by atoms with van der Waals surface area (Å²) in [6.45, 7) is 4.07. The molecule has 0 bridgehead atoms. The molecule has 0 fully saturated rings. The molecule has 0 aliphatic carbocycles. The number of carboxylic acid groups (broad SMARTS) is 1. The molecule has 0 amide bonds. The summed E-state index contributed by atoms with van der Waals surface area (Å²) in [4.78, 5) is 15.3. The highest BCUT2D eigenvalue weighted by molar-refractivity contribution is 5.96. The van der Waals surface area contributed by atoms with Gasteiger partial charge in [0.25, 0.3) is 0 Å². The quantitative estimate of drug-likeness (QED) is 0.920. The van der Waals surface area contributed by atoms with E-state index in [4.69, 9.17) is 9.84 Å². The van der Waals surface area contributed by atoms with Gasteiger partial charge in [-0.15, -0.1) is 0 Å². The molecule has 1 N–H and O–H groups in total. The zero-order valence-corrected chi connectivity index (χ0v) is 10.7. The highest BCUT2D eigenvalue weighted by Gasteiger charge is 2.17. The Morgan fingerprint density at radius 2 is 2.21 bits per heavy atom. The first-order valence-electron chi connectivity index (χ1n) is 6.00. The van der Waals surface area contributed by atoms with Crippen molar-refractivity contribution < 1.29 is 19.0 Å². The molecule has 100 valence electrons. The summed E-state index contributed by atoms with van der Waals surface area (Å²) < 4.78 is 19.1. The standard InChI is InChI=1S/C14H14FNO3/c1-3-6-19-13-10(14(17)18)7-9-11(15)5-4-8(2)12(9)16-13/h4-5,7H,3,6H2,1-2H3,(H,17,18). The summed E-state index contributed by atoms with van der Waals surface area (Å²) in [5.74, 6) is -1.63. The van der Waals surface area contributed by atoms with Crippen molar-refractivity contribution in [3.05, 3.63) is 35.1 Å². The van der Waals surface area contributed by atoms with E-state index in [1.165, 1.54) is 12.1 Å². The van der Waals surface area contributed by atoms with Gasteiger partial charge in [-0.05, 0) is 31.0 Å². The van der Waals surface area contributed by atoms with Gasteiger partial charge in [0, 0.05) is 5.39 Å². The molecule has 19 heavy (non-hydrogen) atoms. The molecule has 4 nitrogen and oxygen atoms in total. The van der Waals surface area contributed by atoms with Crippen LogP contribution in [0.25, 0.3) is 10.9 Å². The monoisotopic (exact) mass is 263 g/mol. The molecule has 5 heteroatoms. The maximum Gasteiger partial charge on any atom is 0.341 e. The van der Waals surface area contributed by atoms with Crippen molar-refractivity contribution >= 4 is 16.9 Å². The van der Waals surface area contributed by atoms with Crippen molar-refractivity contribution in [3.63, 3.8) is 0 Å². The normalized spacial score (nSPS) is 10.7. The van der Waals surface area contributed by atoms with Crippen molar-refractivity contribution in [2.75, 3.05) is 6.61 Å². The summed E-state index contributed by atoms with van der Waals surface area (Å²) >= 11 is 0. The van der Waals surface area contributed by atoms with E-state index in [-0.39, 0.29) is 16.8 Å². The number of hydrogen-bond acceptors (Lipinski definition) is 3. The van der Waals surface area contributed by atoms with Gasteiger partial charge in [-0.25, -0.2) is 14.2 Å². The molecule has 0 aliphatic rings. The third kappa shape index (κ3) is 2.50. The molecule has 0 saturated heterocycles. The lowest BCUT2D eigenvalue weighted by molar-refractivity contribution is 0.0691. The molecular weight excluding hydrogens is 249 g/mol. The number of aromatic nitrogens is 1. The van der Waals surface area contributed by atoms with Crippen LogP contribution in [0.4, 0.5) is 4.39 Å². The fraction of sp³-hybridized carbons (Fsp3) is 0.286. The van der Waals surface area contributed by atoms with Gasteiger partial charge in [-0.2, -0.15) is 0 Å². The van der Waals surface area contributed by atoms with Crippen LogP contribution in [-0.4, -0.2) is 22.7 Å². The molecular formula is C14H14FNO3. The second kappa shape index (κ2) is 5.22. The lowest BCUT2D eigenvalue weighted by Gasteiger charge is -2.10. The summed E-state index contributed by atoms with van der Waals surface area (Å²) in [7, 11) is 0. The maximum atomic E-state index is 13.7. The van der Waals surface area contributed by atoms with Crippen molar-refractivity contribution in [1.29, 1.82) is 0 Å². The van der Waals surface area contributed by atoms with Gasteiger partial charge >= 0.3 is 5.97 Å². The van der Waals surface area contributed by atoms with Gasteiger partial charge in [0.2, 0.25) is 5.88 Å². The van der Waals surface area contributed by atoms with E-state index in [0.717, 1.165) is 12.0 Å². The van der Waals surface area contributed by atoms with Crippen LogP contribution in [-0.2, 0) is 0 Å². The van der Waals surface area contributed by atoms with Gasteiger partial charge in [0.15, 0.2) is 0 Å². The fourth-order valence-electron chi connectivity index (χ4n) is 1.81. The van der Waals surface area contributed by atoms with Crippen molar-refractivity contribution in [2.45, 2.75) is 20.3 Å². The average Bonchev–Trinajstić information content (AvgIpc) is 2.39. The largest absolute Gasteiger partial charge is 0.477 e. The first-order valence-corrected chi connectivity index (χ1v) is 6.00. The fourth-order valence-corrected chi connectivity index (χ4v) is 1.81. The van der Waals surface area contributed by atoms with Gasteiger partial charge in [-0.3, -0.25) is 0 Å². The van der Waals surface area contributed by atoms with Crippen LogP contribution in [0.3, 0.4) is 0 Å². The zero-order chi connectivity index (χ0) is 14.0. The molecule has 0 atom stereocenters. The summed E-state index contributed by atoms with van der Waals surface area (Å²) in [6.07, 6.45) is 0.737. The van der Waals surface area contributed by atoms with Crippen LogP contribution in [0, 0.1) is 12.7 Å². The molecule has 1 heterocycles. The molecule has 0 spiro atoms. The van der Waals surface area contributed by atoms with Crippen LogP contribution in [0.5, 0.6) is 5.88 Å². The molecule has 2 aromatic rings. The summed E-state index contributed by atoms with van der Waals surface area (Å²) in [5, 5.41) is 9.34. The maximum absolute atomic E-state index is 13.7. The van der Waals surface area contributed by atoms with Crippen LogP contribution >= 0.6 is 0 Å². The van der Waals surface area contributed by atoms with Crippen molar-refractivity contribution in [1.82, 2.24) is 4.98 Å². The number of halogens is 1. The molecule has 1 aromatic carbocycles. The van der Waals surface area contributed by atoms with E-state index >= 15 is 0 Å². The number of aromatic carboxylic acids is 1. The number of benzene rings is 1. The number of carbonyl (C=O) groups is 1. The van der Waals surface area contributed by atoms with E-state index in [1.807, 2.05) is 6.92 Å². The van der Waals surface area contributed by atoms with Crippen LogP contribution in [0.1, 0.15) is 29.3 Å². The van der Waals surface area contributed by atoms with Gasteiger partial charge < -0.3 is 9.84 Å². The topological polar surface area (TPSA) is 59.4 Å². The van der Waals surface area contributed by atoms with Crippen molar-refractivity contribution in [2.24, 2.45) is 0 Å². The molecule has 2 rings (SSSR count). The molecule has 0 radical (unpaired) electrons. The van der Waals surface area contributed by atoms with E-state index in [1.54, 1.807) is 13.0 Å². The minimum absolute atomic E-state index is 0.0375. The zero-order valence-electron chi connectivity index (χ0n) is 10.7. The number of carboxylic acids is 1. The number of hydrogen-bond donors (Lipinski definition) is 1. The minimum atomic E-state index is -1.18. The second-order valence-electron chi connectivity index (χ2n) is 4.26. The van der Waals surface area contributed by atoms with Crippen molar-refractivity contribution in [3.8, 4) is 5.88 Å². The lowest BCUT2D eigenvalue weighted by Crippen LogP contribution is -2.07.